The summed E-state index contributed by atoms with van der Waals surface area (Å²) in [6.07, 6.45) is 5.40. The van der Waals surface area contributed by atoms with Gasteiger partial charge in [-0.15, -0.1) is 0 Å². The Balaban J connectivity index is 1.45. The van der Waals surface area contributed by atoms with Gasteiger partial charge in [0, 0.05) is 50.4 Å². The van der Waals surface area contributed by atoms with Gasteiger partial charge in [0.25, 0.3) is 5.56 Å². The van der Waals surface area contributed by atoms with Gasteiger partial charge in [-0.3, -0.25) is 9.78 Å². The maximum Gasteiger partial charge on any atom is 0.266 e. The Bertz CT molecular complexity index is 978. The van der Waals surface area contributed by atoms with Crippen molar-refractivity contribution in [3.63, 3.8) is 0 Å². The first kappa shape index (κ1) is 17.7. The summed E-state index contributed by atoms with van der Waals surface area (Å²) in [4.78, 5) is 18.4. The highest BCUT2D eigenvalue weighted by atomic mass is 16.1. The first-order chi connectivity index (χ1) is 13.2. The van der Waals surface area contributed by atoms with Crippen molar-refractivity contribution in [2.75, 3.05) is 18.0 Å². The molecule has 0 aliphatic carbocycles. The fraction of sp³-hybridized carbons (Fsp3) is 0.381. The molecule has 1 N–H and O–H groups in total. The minimum absolute atomic E-state index is 0.0741. The molecule has 1 unspecified atom stereocenters. The molecule has 27 heavy (non-hydrogen) atoms. The Labute approximate surface area is 158 Å². The molecular formula is C21H25N5O. The third-order valence-electron chi connectivity index (χ3n) is 5.30. The fourth-order valence-corrected chi connectivity index (χ4v) is 3.84. The molecule has 6 nitrogen and oxygen atoms in total. The average molecular weight is 363 g/mol. The van der Waals surface area contributed by atoms with Crippen molar-refractivity contribution in [2.24, 2.45) is 7.05 Å². The van der Waals surface area contributed by atoms with Gasteiger partial charge >= 0.3 is 0 Å². The number of anilines is 1. The van der Waals surface area contributed by atoms with Crippen LogP contribution in [0, 0.1) is 0 Å². The third-order valence-corrected chi connectivity index (χ3v) is 5.30. The highest BCUT2D eigenvalue weighted by Crippen LogP contribution is 2.22. The number of para-hydroxylation sites is 1. The Kier molecular flexibility index (Phi) is 5.16. The molecule has 1 fully saturated rings. The van der Waals surface area contributed by atoms with E-state index >= 15 is 0 Å². The molecule has 3 heterocycles. The summed E-state index contributed by atoms with van der Waals surface area (Å²) in [6.45, 7) is 2.69. The van der Waals surface area contributed by atoms with Crippen molar-refractivity contribution in [2.45, 2.75) is 31.8 Å². The number of piperidine rings is 1. The minimum Gasteiger partial charge on any atom is -0.351 e. The van der Waals surface area contributed by atoms with Gasteiger partial charge < -0.3 is 10.2 Å². The molecule has 1 aliphatic heterocycles. The van der Waals surface area contributed by atoms with Crippen LogP contribution in [0.25, 0.3) is 10.9 Å². The van der Waals surface area contributed by atoms with E-state index in [1.54, 1.807) is 13.1 Å². The van der Waals surface area contributed by atoms with Gasteiger partial charge in [-0.25, -0.2) is 4.68 Å². The topological polar surface area (TPSA) is 63.1 Å². The number of nitrogens with zero attached hydrogens (tertiary/aromatic N) is 4. The van der Waals surface area contributed by atoms with E-state index in [4.69, 9.17) is 0 Å². The van der Waals surface area contributed by atoms with Crippen LogP contribution in [0.4, 0.5) is 5.82 Å². The van der Waals surface area contributed by atoms with E-state index in [1.807, 2.05) is 24.4 Å². The zero-order chi connectivity index (χ0) is 18.6. The van der Waals surface area contributed by atoms with Crippen molar-refractivity contribution in [1.29, 1.82) is 0 Å². The predicted octanol–water partition coefficient (Wildman–Crippen LogP) is 2.48. The number of pyridine rings is 1. The predicted molar refractivity (Wildman–Crippen MR) is 108 cm³/mol. The number of nitrogens with one attached hydrogen (secondary N) is 1. The van der Waals surface area contributed by atoms with E-state index in [2.05, 4.69) is 38.5 Å². The highest BCUT2D eigenvalue weighted by Gasteiger charge is 2.23. The molecule has 0 spiro atoms. The van der Waals surface area contributed by atoms with E-state index in [0.29, 0.717) is 6.04 Å². The molecule has 0 radical (unpaired) electrons. The number of hydrogen-bond acceptors (Lipinski definition) is 5. The Morgan fingerprint density at radius 2 is 2.04 bits per heavy atom. The molecule has 1 aliphatic rings. The van der Waals surface area contributed by atoms with Crippen LogP contribution in [0.2, 0.25) is 0 Å². The zero-order valence-corrected chi connectivity index (χ0v) is 15.6. The van der Waals surface area contributed by atoms with Gasteiger partial charge in [-0.1, -0.05) is 18.2 Å². The smallest absolute Gasteiger partial charge is 0.266 e. The van der Waals surface area contributed by atoms with Crippen molar-refractivity contribution in [1.82, 2.24) is 20.1 Å². The van der Waals surface area contributed by atoms with Gasteiger partial charge in [0.1, 0.15) is 5.82 Å². The summed E-state index contributed by atoms with van der Waals surface area (Å²) in [5.74, 6) is 0.887. The third kappa shape index (κ3) is 3.85. The van der Waals surface area contributed by atoms with Crippen molar-refractivity contribution in [3.8, 4) is 0 Å². The van der Waals surface area contributed by atoms with E-state index in [1.165, 1.54) is 22.1 Å². The first-order valence-corrected chi connectivity index (χ1v) is 9.57. The molecule has 4 rings (SSSR count). The monoisotopic (exact) mass is 363 g/mol. The molecule has 0 saturated carbocycles. The Hall–Kier alpha value is -2.73. The number of fused-ring (bicyclic) bond motifs is 1. The molecule has 0 amide bonds. The second-order valence-electron chi connectivity index (χ2n) is 7.11. The van der Waals surface area contributed by atoms with Gasteiger partial charge in [0.15, 0.2) is 0 Å². The molecular weight excluding hydrogens is 338 g/mol. The van der Waals surface area contributed by atoms with Gasteiger partial charge in [-0.2, -0.15) is 5.10 Å². The molecule has 3 aromatic rings. The van der Waals surface area contributed by atoms with Crippen LogP contribution in [0.3, 0.4) is 0 Å². The second-order valence-corrected chi connectivity index (χ2v) is 7.11. The number of aryl methyl sites for hydroxylation is 1. The summed E-state index contributed by atoms with van der Waals surface area (Å²) in [7, 11) is 1.71. The molecule has 6 heteroatoms. The maximum atomic E-state index is 11.6. The normalized spacial score (nSPS) is 17.4. The van der Waals surface area contributed by atoms with Crippen molar-refractivity contribution >= 4 is 16.7 Å². The van der Waals surface area contributed by atoms with Crippen LogP contribution >= 0.6 is 0 Å². The quantitative estimate of drug-likeness (QED) is 0.755. The molecule has 0 bridgehead atoms. The van der Waals surface area contributed by atoms with Gasteiger partial charge in [-0.05, 0) is 43.0 Å². The number of aromatic nitrogens is 3. The lowest BCUT2D eigenvalue weighted by Crippen LogP contribution is -2.46. The molecule has 140 valence electrons. The summed E-state index contributed by atoms with van der Waals surface area (Å²) in [5.41, 5.74) is 2.23. The second kappa shape index (κ2) is 7.88. The summed E-state index contributed by atoms with van der Waals surface area (Å²) in [6, 6.07) is 14.2. The average Bonchev–Trinajstić information content (AvgIpc) is 2.71. The minimum atomic E-state index is -0.0741. The van der Waals surface area contributed by atoms with Crippen LogP contribution in [0.15, 0.2) is 53.5 Å². The molecule has 2 aromatic heterocycles. The van der Waals surface area contributed by atoms with Crippen LogP contribution in [-0.2, 0) is 13.6 Å². The maximum absolute atomic E-state index is 11.6. The largest absolute Gasteiger partial charge is 0.351 e. The van der Waals surface area contributed by atoms with Crippen LogP contribution in [0.5, 0.6) is 0 Å². The zero-order valence-electron chi connectivity index (χ0n) is 15.6. The number of rotatable bonds is 5. The van der Waals surface area contributed by atoms with E-state index in [-0.39, 0.29) is 5.56 Å². The fourth-order valence-electron chi connectivity index (χ4n) is 3.84. The van der Waals surface area contributed by atoms with E-state index < -0.39 is 0 Å². The standard InChI is InChI=1S/C21H25N5O/c1-25-21(27)10-9-20(24-25)26-13-5-4-6-17(26)15-22-14-16-11-12-23-19-8-3-2-7-18(16)19/h2-3,7-12,17,22H,4-6,13-15H2,1H3. The molecule has 1 atom stereocenters. The first-order valence-electron chi connectivity index (χ1n) is 9.57. The summed E-state index contributed by atoms with van der Waals surface area (Å²) < 4.78 is 1.41. The van der Waals surface area contributed by atoms with Crippen molar-refractivity contribution in [3.05, 3.63) is 64.6 Å². The van der Waals surface area contributed by atoms with E-state index in [9.17, 15) is 4.79 Å². The van der Waals surface area contributed by atoms with E-state index in [0.717, 1.165) is 43.8 Å². The van der Waals surface area contributed by atoms with Crippen LogP contribution in [-0.4, -0.2) is 33.9 Å². The summed E-state index contributed by atoms with van der Waals surface area (Å²) >= 11 is 0. The SMILES string of the molecule is Cn1nc(N2CCCCC2CNCc2ccnc3ccccc23)ccc1=O. The molecule has 1 aromatic carbocycles. The lowest BCUT2D eigenvalue weighted by atomic mass is 10.0. The van der Waals surface area contributed by atoms with Crippen molar-refractivity contribution < 1.29 is 0 Å². The lowest BCUT2D eigenvalue weighted by molar-refractivity contribution is 0.429. The van der Waals surface area contributed by atoms with Crippen LogP contribution in [0.1, 0.15) is 24.8 Å². The lowest BCUT2D eigenvalue weighted by Gasteiger charge is -2.36. The summed E-state index contributed by atoms with van der Waals surface area (Å²) in [5, 5.41) is 9.27. The molecule has 1 saturated heterocycles. The van der Waals surface area contributed by atoms with Crippen LogP contribution < -0.4 is 15.8 Å². The number of benzene rings is 1. The number of hydrogen-bond donors (Lipinski definition) is 1. The highest BCUT2D eigenvalue weighted by molar-refractivity contribution is 5.81. The van der Waals surface area contributed by atoms with Gasteiger partial charge in [0.2, 0.25) is 0 Å². The van der Waals surface area contributed by atoms with Gasteiger partial charge in [0.05, 0.1) is 5.52 Å². The Morgan fingerprint density at radius 3 is 2.93 bits per heavy atom. The Morgan fingerprint density at radius 1 is 1.15 bits per heavy atom.